The molecule has 0 saturated carbocycles. The molecule has 0 aliphatic carbocycles. The smallest absolute Gasteiger partial charge is 1.00 e. The summed E-state index contributed by atoms with van der Waals surface area (Å²) in [5, 5.41) is 15.7. The van der Waals surface area contributed by atoms with Crippen molar-refractivity contribution in [2.45, 2.75) is 27.7 Å². The van der Waals surface area contributed by atoms with Gasteiger partial charge in [0.15, 0.2) is 0 Å². The van der Waals surface area contributed by atoms with E-state index in [0.29, 0.717) is 0 Å². The Bertz CT molecular complexity index is 869. The largest absolute Gasteiger partial charge is 4.00 e. The minimum atomic E-state index is 0. The van der Waals surface area contributed by atoms with Gasteiger partial charge in [-0.05, 0) is 37.3 Å². The molecule has 2 aromatic carbocycles. The Kier molecular flexibility index (Phi) is 9.45. The topological polar surface area (TPSA) is 57.4 Å². The number of nitrogens with zero attached hydrogens (tertiary/aromatic N) is 2. The standard InChI is InChI=1S/2C9H9N2.2ClH.Ti/c2*1-6-3-7(2)9-8(4-6)5-10-11-9;;;/h2*3-4H,1-2H3,(H,10,11);2*1H;/q2*-1;;;+4/p-2. The van der Waals surface area contributed by atoms with E-state index >= 15 is 0 Å². The molecule has 0 unspecified atom stereocenters. The van der Waals surface area contributed by atoms with E-state index < -0.39 is 0 Å². The number of benzene rings is 2. The van der Waals surface area contributed by atoms with Crippen molar-refractivity contribution in [2.75, 3.05) is 0 Å². The number of rotatable bonds is 0. The van der Waals surface area contributed by atoms with Crippen LogP contribution in [0.3, 0.4) is 0 Å². The van der Waals surface area contributed by atoms with Crippen LogP contribution in [0.15, 0.2) is 24.3 Å². The first-order valence-corrected chi connectivity index (χ1v) is 7.20. The van der Waals surface area contributed by atoms with Crippen molar-refractivity contribution >= 4 is 21.8 Å². The number of hydrogen-bond donors (Lipinski definition) is 2. The first-order valence-electron chi connectivity index (χ1n) is 7.20. The molecule has 25 heavy (non-hydrogen) atoms. The maximum Gasteiger partial charge on any atom is 4.00 e. The first-order chi connectivity index (χ1) is 10.5. The predicted octanol–water partition coefficient (Wildman–Crippen LogP) is -2.03. The van der Waals surface area contributed by atoms with Gasteiger partial charge in [-0.25, -0.2) is 0 Å². The maximum absolute atomic E-state index is 3.85. The summed E-state index contributed by atoms with van der Waals surface area (Å²) in [5.41, 5.74) is 7.16. The molecule has 4 aromatic rings. The molecule has 0 bridgehead atoms. The SMILES string of the molecule is Cc1cc(C)c2[nH]n[c-]c2c1.Cc1cc(C)c2[nH]n[c-]c2c1.[Cl-].[Cl-].[Ti+4]. The van der Waals surface area contributed by atoms with E-state index in [4.69, 9.17) is 0 Å². The summed E-state index contributed by atoms with van der Waals surface area (Å²) in [7, 11) is 0. The molecule has 2 heterocycles. The fourth-order valence-corrected chi connectivity index (χ4v) is 2.70. The van der Waals surface area contributed by atoms with Crippen molar-refractivity contribution in [3.8, 4) is 0 Å². The molecule has 2 aromatic heterocycles. The van der Waals surface area contributed by atoms with Crippen LogP contribution in [0.25, 0.3) is 21.8 Å². The molecule has 0 spiro atoms. The molecular weight excluding hydrogens is 391 g/mol. The van der Waals surface area contributed by atoms with Crippen molar-refractivity contribution in [3.63, 3.8) is 0 Å². The molecule has 0 aliphatic rings. The van der Waals surface area contributed by atoms with Gasteiger partial charge in [0.1, 0.15) is 0 Å². The van der Waals surface area contributed by atoms with Gasteiger partial charge in [-0.1, -0.05) is 37.1 Å². The summed E-state index contributed by atoms with van der Waals surface area (Å²) >= 11 is 0. The molecule has 2 N–H and O–H groups in total. The Labute approximate surface area is 174 Å². The van der Waals surface area contributed by atoms with Crippen LogP contribution in [-0.2, 0) is 21.7 Å². The number of halogens is 2. The zero-order chi connectivity index (χ0) is 15.7. The van der Waals surface area contributed by atoms with Crippen LogP contribution in [0.5, 0.6) is 0 Å². The number of hydrogen-bond acceptors (Lipinski definition) is 2. The van der Waals surface area contributed by atoms with Crippen molar-refractivity contribution < 1.29 is 46.5 Å². The summed E-state index contributed by atoms with van der Waals surface area (Å²) in [6.07, 6.45) is 5.79. The fourth-order valence-electron chi connectivity index (χ4n) is 2.70. The molecule has 4 rings (SSSR count). The Hall–Kier alpha value is -1.33. The van der Waals surface area contributed by atoms with Crippen molar-refractivity contribution in [1.82, 2.24) is 20.4 Å². The summed E-state index contributed by atoms with van der Waals surface area (Å²) in [6.45, 7) is 8.29. The second-order valence-electron chi connectivity index (χ2n) is 5.68. The second kappa shape index (κ2) is 9.98. The fraction of sp³-hybridized carbons (Fsp3) is 0.222. The molecule has 128 valence electrons. The van der Waals surface area contributed by atoms with Gasteiger partial charge >= 0.3 is 21.7 Å². The van der Waals surface area contributed by atoms with Gasteiger partial charge in [-0.3, -0.25) is 10.2 Å². The summed E-state index contributed by atoms with van der Waals surface area (Å²) in [4.78, 5) is 0. The number of aryl methyl sites for hydroxylation is 4. The number of aromatic nitrogens is 4. The van der Waals surface area contributed by atoms with E-state index in [1.165, 1.54) is 22.3 Å². The number of nitrogens with one attached hydrogen (secondary N) is 2. The Balaban J connectivity index is 0.000000411. The summed E-state index contributed by atoms with van der Waals surface area (Å²) in [6, 6.07) is 8.42. The molecule has 0 saturated heterocycles. The van der Waals surface area contributed by atoms with Crippen LogP contribution >= 0.6 is 0 Å². The summed E-state index contributed by atoms with van der Waals surface area (Å²) < 4.78 is 0. The average Bonchev–Trinajstić information content (AvgIpc) is 3.07. The molecule has 4 nitrogen and oxygen atoms in total. The van der Waals surface area contributed by atoms with Gasteiger partial charge in [0.05, 0.1) is 0 Å². The minimum absolute atomic E-state index is 0. The van der Waals surface area contributed by atoms with Crippen molar-refractivity contribution in [2.24, 2.45) is 0 Å². The van der Waals surface area contributed by atoms with E-state index in [-0.39, 0.29) is 46.5 Å². The summed E-state index contributed by atoms with van der Waals surface area (Å²) in [5.74, 6) is 0. The maximum atomic E-state index is 3.85. The Morgan fingerprint density at radius 3 is 1.40 bits per heavy atom. The van der Waals surface area contributed by atoms with Gasteiger partial charge < -0.3 is 35.0 Å². The third kappa shape index (κ3) is 5.32. The second-order valence-corrected chi connectivity index (χ2v) is 5.68. The van der Waals surface area contributed by atoms with Crippen LogP contribution in [0, 0.1) is 40.1 Å². The van der Waals surface area contributed by atoms with Crippen LogP contribution < -0.4 is 24.8 Å². The third-order valence-corrected chi connectivity index (χ3v) is 3.65. The van der Waals surface area contributed by atoms with Crippen LogP contribution in [0.2, 0.25) is 0 Å². The molecular formula is C18H18Cl2N4Ti. The van der Waals surface area contributed by atoms with E-state index in [1.807, 2.05) is 0 Å². The number of aromatic amines is 2. The van der Waals surface area contributed by atoms with E-state index in [2.05, 4.69) is 84.7 Å². The van der Waals surface area contributed by atoms with Gasteiger partial charge in [-0.2, -0.15) is 12.1 Å². The average molecular weight is 409 g/mol. The molecule has 0 aliphatic heterocycles. The van der Waals surface area contributed by atoms with Crippen molar-refractivity contribution in [1.29, 1.82) is 0 Å². The van der Waals surface area contributed by atoms with E-state index in [0.717, 1.165) is 21.8 Å². The third-order valence-electron chi connectivity index (χ3n) is 3.65. The van der Waals surface area contributed by atoms with E-state index in [9.17, 15) is 0 Å². The monoisotopic (exact) mass is 408 g/mol. The van der Waals surface area contributed by atoms with Gasteiger partial charge in [-0.15, -0.1) is 21.9 Å². The zero-order valence-corrected chi connectivity index (χ0v) is 17.5. The molecule has 0 fully saturated rings. The Morgan fingerprint density at radius 2 is 1.04 bits per heavy atom. The number of fused-ring (bicyclic) bond motifs is 2. The molecule has 0 radical (unpaired) electrons. The molecule has 0 atom stereocenters. The quantitative estimate of drug-likeness (QED) is 0.260. The zero-order valence-electron chi connectivity index (χ0n) is 14.5. The first kappa shape index (κ1) is 23.7. The van der Waals surface area contributed by atoms with Crippen LogP contribution in [0.4, 0.5) is 0 Å². The van der Waals surface area contributed by atoms with Crippen molar-refractivity contribution in [3.05, 3.63) is 58.9 Å². The molecule has 0 amide bonds. The molecule has 7 heteroatoms. The van der Waals surface area contributed by atoms with E-state index in [1.54, 1.807) is 0 Å². The van der Waals surface area contributed by atoms with Gasteiger partial charge in [0, 0.05) is 0 Å². The van der Waals surface area contributed by atoms with Crippen LogP contribution in [0.1, 0.15) is 22.3 Å². The van der Waals surface area contributed by atoms with Crippen LogP contribution in [-0.4, -0.2) is 20.4 Å². The Morgan fingerprint density at radius 1 is 0.680 bits per heavy atom. The number of H-pyrrole nitrogens is 2. The normalized spacial score (nSPS) is 9.44. The predicted molar refractivity (Wildman–Crippen MR) is 88.8 cm³/mol. The minimum Gasteiger partial charge on any atom is -1.00 e. The van der Waals surface area contributed by atoms with Gasteiger partial charge in [0.25, 0.3) is 0 Å². The van der Waals surface area contributed by atoms with Gasteiger partial charge in [0.2, 0.25) is 0 Å².